The number of amides is 1. The number of hydrogen-bond donors (Lipinski definition) is 0. The first-order valence-corrected chi connectivity index (χ1v) is 5.91. The van der Waals surface area contributed by atoms with Gasteiger partial charge in [-0.15, -0.1) is 0 Å². The van der Waals surface area contributed by atoms with Crippen molar-refractivity contribution in [3.63, 3.8) is 0 Å². The molecular weight excluding hydrogens is 246 g/mol. The third kappa shape index (κ3) is 2.33. The number of nitro groups is 1. The second-order valence-electron chi connectivity index (χ2n) is 4.87. The average molecular weight is 261 g/mol. The lowest BCUT2D eigenvalue weighted by Gasteiger charge is -2.34. The van der Waals surface area contributed by atoms with Gasteiger partial charge in [0.1, 0.15) is 5.84 Å². The van der Waals surface area contributed by atoms with Crippen molar-refractivity contribution in [1.82, 2.24) is 4.90 Å². The molecule has 0 aliphatic carbocycles. The Morgan fingerprint density at radius 1 is 1.47 bits per heavy atom. The van der Waals surface area contributed by atoms with Gasteiger partial charge in [-0.25, -0.2) is 0 Å². The van der Waals surface area contributed by atoms with Gasteiger partial charge < -0.3 is 4.90 Å². The van der Waals surface area contributed by atoms with Crippen molar-refractivity contribution < 1.29 is 9.72 Å². The summed E-state index contributed by atoms with van der Waals surface area (Å²) in [6.45, 7) is 3.58. The quantitative estimate of drug-likeness (QED) is 0.604. The molecule has 1 heterocycles. The number of aliphatic imine (C=N–C) groups is 1. The predicted octanol–water partition coefficient (Wildman–Crippen LogP) is 2.09. The standard InChI is InChI=1S/C13H15N3O3/c1-9-14-13(2,8-12(17)15(9)3)10-5-4-6-11(7-10)16(18)19/h4-7H,8H2,1-3H3/t13-/m0/s1. The van der Waals surface area contributed by atoms with Gasteiger partial charge in [0.05, 0.1) is 16.9 Å². The van der Waals surface area contributed by atoms with Crippen LogP contribution >= 0.6 is 0 Å². The zero-order valence-electron chi connectivity index (χ0n) is 11.1. The van der Waals surface area contributed by atoms with Crippen LogP contribution in [0.2, 0.25) is 0 Å². The summed E-state index contributed by atoms with van der Waals surface area (Å²) < 4.78 is 0. The fraction of sp³-hybridized carbons (Fsp3) is 0.385. The zero-order chi connectivity index (χ0) is 14.2. The monoisotopic (exact) mass is 261 g/mol. The number of rotatable bonds is 2. The molecule has 1 aromatic rings. The number of hydrogen-bond acceptors (Lipinski definition) is 4. The van der Waals surface area contributed by atoms with Crippen LogP contribution < -0.4 is 0 Å². The number of carbonyl (C=O) groups is 1. The highest BCUT2D eigenvalue weighted by molar-refractivity contribution is 5.99. The summed E-state index contributed by atoms with van der Waals surface area (Å²) in [5, 5.41) is 10.8. The molecule has 0 bridgehead atoms. The number of amidine groups is 1. The number of benzene rings is 1. The molecule has 6 heteroatoms. The van der Waals surface area contributed by atoms with Crippen molar-refractivity contribution in [3.05, 3.63) is 39.9 Å². The summed E-state index contributed by atoms with van der Waals surface area (Å²) in [6, 6.07) is 6.30. The van der Waals surface area contributed by atoms with E-state index in [1.807, 2.05) is 6.92 Å². The van der Waals surface area contributed by atoms with Crippen LogP contribution in [0.1, 0.15) is 25.8 Å². The SMILES string of the molecule is CC1=N[C@](C)(c2cccc([N+](=O)[O-])c2)CC(=O)N1C. The van der Waals surface area contributed by atoms with E-state index in [2.05, 4.69) is 4.99 Å². The molecular formula is C13H15N3O3. The highest BCUT2D eigenvalue weighted by Gasteiger charge is 2.36. The molecule has 6 nitrogen and oxygen atoms in total. The molecule has 0 saturated heterocycles. The predicted molar refractivity (Wildman–Crippen MR) is 70.9 cm³/mol. The molecule has 1 atom stereocenters. The molecule has 1 aromatic carbocycles. The van der Waals surface area contributed by atoms with Crippen LogP contribution in [0, 0.1) is 10.1 Å². The largest absolute Gasteiger partial charge is 0.304 e. The van der Waals surface area contributed by atoms with Crippen molar-refractivity contribution >= 4 is 17.4 Å². The molecule has 100 valence electrons. The molecule has 0 N–H and O–H groups in total. The van der Waals surface area contributed by atoms with Crippen molar-refractivity contribution in [3.8, 4) is 0 Å². The van der Waals surface area contributed by atoms with Gasteiger partial charge in [-0.1, -0.05) is 12.1 Å². The number of non-ortho nitro benzene ring substituents is 1. The highest BCUT2D eigenvalue weighted by atomic mass is 16.6. The molecule has 2 rings (SSSR count). The lowest BCUT2D eigenvalue weighted by molar-refractivity contribution is -0.385. The number of nitrogens with zero attached hydrogens (tertiary/aromatic N) is 3. The Kier molecular flexibility index (Phi) is 3.09. The summed E-state index contributed by atoms with van der Waals surface area (Å²) in [4.78, 5) is 28.3. The molecule has 0 aromatic heterocycles. The summed E-state index contributed by atoms with van der Waals surface area (Å²) >= 11 is 0. The maximum atomic E-state index is 11.9. The summed E-state index contributed by atoms with van der Waals surface area (Å²) in [6.07, 6.45) is 0.210. The van der Waals surface area contributed by atoms with Gasteiger partial charge in [0.25, 0.3) is 5.69 Å². The number of nitro benzene ring substituents is 1. The van der Waals surface area contributed by atoms with E-state index < -0.39 is 10.5 Å². The van der Waals surface area contributed by atoms with Gasteiger partial charge >= 0.3 is 0 Å². The Labute approximate surface area is 110 Å². The average Bonchev–Trinajstić information content (AvgIpc) is 2.36. The Morgan fingerprint density at radius 3 is 2.74 bits per heavy atom. The topological polar surface area (TPSA) is 75.8 Å². The van der Waals surface area contributed by atoms with E-state index in [-0.39, 0.29) is 18.0 Å². The first-order valence-electron chi connectivity index (χ1n) is 5.91. The minimum Gasteiger partial charge on any atom is -0.304 e. The summed E-state index contributed by atoms with van der Waals surface area (Å²) in [5.74, 6) is 0.576. The van der Waals surface area contributed by atoms with Crippen LogP contribution in [0.5, 0.6) is 0 Å². The van der Waals surface area contributed by atoms with Crippen LogP contribution in [0.3, 0.4) is 0 Å². The zero-order valence-corrected chi connectivity index (χ0v) is 11.1. The lowest BCUT2D eigenvalue weighted by Crippen LogP contribution is -2.42. The van der Waals surface area contributed by atoms with E-state index in [0.717, 1.165) is 0 Å². The Bertz CT molecular complexity index is 582. The van der Waals surface area contributed by atoms with E-state index in [0.29, 0.717) is 11.4 Å². The Morgan fingerprint density at radius 2 is 2.16 bits per heavy atom. The molecule has 19 heavy (non-hydrogen) atoms. The van der Waals surface area contributed by atoms with Crippen LogP contribution in [-0.2, 0) is 10.3 Å². The summed E-state index contributed by atoms with van der Waals surface area (Å²) in [7, 11) is 1.67. The fourth-order valence-corrected chi connectivity index (χ4v) is 2.19. The van der Waals surface area contributed by atoms with Gasteiger partial charge in [-0.3, -0.25) is 19.9 Å². The molecule has 1 aliphatic heterocycles. The van der Waals surface area contributed by atoms with Gasteiger partial charge in [0.2, 0.25) is 5.91 Å². The van der Waals surface area contributed by atoms with E-state index in [4.69, 9.17) is 0 Å². The Hall–Kier alpha value is -2.24. The van der Waals surface area contributed by atoms with Gasteiger partial charge in [-0.2, -0.15) is 0 Å². The lowest BCUT2D eigenvalue weighted by atomic mass is 9.87. The van der Waals surface area contributed by atoms with Gasteiger partial charge in [-0.05, 0) is 19.4 Å². The maximum absolute atomic E-state index is 11.9. The van der Waals surface area contributed by atoms with E-state index >= 15 is 0 Å². The highest BCUT2D eigenvalue weighted by Crippen LogP contribution is 2.34. The van der Waals surface area contributed by atoms with E-state index in [1.165, 1.54) is 17.0 Å². The van der Waals surface area contributed by atoms with Crippen molar-refractivity contribution in [2.24, 2.45) is 4.99 Å². The van der Waals surface area contributed by atoms with Gasteiger partial charge in [0.15, 0.2) is 0 Å². The molecule has 1 aliphatic rings. The van der Waals surface area contributed by atoms with E-state index in [1.54, 1.807) is 26.1 Å². The summed E-state index contributed by atoms with van der Waals surface area (Å²) in [5.41, 5.74) is -0.0415. The second-order valence-corrected chi connectivity index (χ2v) is 4.87. The molecule has 0 fully saturated rings. The smallest absolute Gasteiger partial charge is 0.269 e. The minimum atomic E-state index is -0.736. The third-order valence-electron chi connectivity index (χ3n) is 3.44. The first-order chi connectivity index (χ1) is 8.83. The molecule has 0 spiro atoms. The molecule has 0 radical (unpaired) electrons. The first kappa shape index (κ1) is 13.2. The molecule has 0 saturated carbocycles. The van der Waals surface area contributed by atoms with Gasteiger partial charge in [0, 0.05) is 19.2 Å². The van der Waals surface area contributed by atoms with Crippen LogP contribution in [-0.4, -0.2) is 28.6 Å². The molecule has 0 unspecified atom stereocenters. The normalized spacial score (nSPS) is 23.2. The molecule has 1 amide bonds. The fourth-order valence-electron chi connectivity index (χ4n) is 2.19. The van der Waals surface area contributed by atoms with Crippen molar-refractivity contribution in [2.75, 3.05) is 7.05 Å². The minimum absolute atomic E-state index is 0.0120. The van der Waals surface area contributed by atoms with Crippen LogP contribution in [0.4, 0.5) is 5.69 Å². The third-order valence-corrected chi connectivity index (χ3v) is 3.44. The van der Waals surface area contributed by atoms with Crippen molar-refractivity contribution in [2.45, 2.75) is 25.8 Å². The van der Waals surface area contributed by atoms with E-state index in [9.17, 15) is 14.9 Å². The second kappa shape index (κ2) is 4.46. The van der Waals surface area contributed by atoms with Crippen LogP contribution in [0.15, 0.2) is 29.3 Å². The Balaban J connectivity index is 2.48. The van der Waals surface area contributed by atoms with Crippen molar-refractivity contribution in [1.29, 1.82) is 0 Å². The maximum Gasteiger partial charge on any atom is 0.269 e. The number of carbonyl (C=O) groups excluding carboxylic acids is 1. The van der Waals surface area contributed by atoms with Crippen LogP contribution in [0.25, 0.3) is 0 Å².